The van der Waals surface area contributed by atoms with E-state index in [1.54, 1.807) is 12.5 Å². The zero-order chi connectivity index (χ0) is 22.5. The van der Waals surface area contributed by atoms with E-state index >= 15 is 0 Å². The van der Waals surface area contributed by atoms with Crippen LogP contribution >= 0.6 is 0 Å². The van der Waals surface area contributed by atoms with E-state index in [-0.39, 0.29) is 6.04 Å². The summed E-state index contributed by atoms with van der Waals surface area (Å²) in [6.07, 6.45) is 3.16. The molecule has 1 saturated carbocycles. The minimum atomic E-state index is -0.981. The molecule has 1 aliphatic carbocycles. The summed E-state index contributed by atoms with van der Waals surface area (Å²) in [6.45, 7) is 4.38. The molecule has 4 N–H and O–H groups in total. The van der Waals surface area contributed by atoms with Crippen molar-refractivity contribution in [2.24, 2.45) is 0 Å². The minimum absolute atomic E-state index is 0.259. The first-order valence-electron chi connectivity index (χ1n) is 11.6. The fraction of sp³-hybridized carbons (Fsp3) is 0.458. The van der Waals surface area contributed by atoms with Gasteiger partial charge in [-0.25, -0.2) is 9.97 Å². The second-order valence-corrected chi connectivity index (χ2v) is 9.15. The van der Waals surface area contributed by atoms with Gasteiger partial charge < -0.3 is 25.2 Å². The van der Waals surface area contributed by atoms with E-state index in [0.717, 1.165) is 72.1 Å². The van der Waals surface area contributed by atoms with Gasteiger partial charge >= 0.3 is 0 Å². The summed E-state index contributed by atoms with van der Waals surface area (Å²) in [7, 11) is 0. The van der Waals surface area contributed by atoms with Crippen LogP contribution < -0.4 is 15.0 Å². The van der Waals surface area contributed by atoms with Crippen molar-refractivity contribution in [2.75, 3.05) is 18.0 Å². The topological polar surface area (TPSA) is 119 Å². The van der Waals surface area contributed by atoms with Crippen molar-refractivity contribution in [3.63, 3.8) is 0 Å². The van der Waals surface area contributed by atoms with Crippen LogP contribution in [0.1, 0.15) is 28.8 Å². The second-order valence-electron chi connectivity index (χ2n) is 9.15. The molecule has 1 fully saturated rings. The van der Waals surface area contributed by atoms with Crippen LogP contribution in [-0.4, -0.2) is 67.8 Å². The zero-order valence-electron chi connectivity index (χ0n) is 18.5. The van der Waals surface area contributed by atoms with Gasteiger partial charge in [0.15, 0.2) is 0 Å². The zero-order valence-corrected chi connectivity index (χ0v) is 18.5. The SMILES string of the molecule is Cc1ncnc2c1CCN2C1CC(Oc2cc(-c3ccn[nH]3)cc3c2CNCC3)C(O)C1O. The number of nitrogens with zero attached hydrogens (tertiary/aromatic N) is 4. The second kappa shape index (κ2) is 8.09. The summed E-state index contributed by atoms with van der Waals surface area (Å²) in [4.78, 5) is 10.9. The molecule has 172 valence electrons. The van der Waals surface area contributed by atoms with Gasteiger partial charge in [0.2, 0.25) is 0 Å². The number of aliphatic hydroxyl groups excluding tert-OH is 2. The highest BCUT2D eigenvalue weighted by atomic mass is 16.5. The molecule has 6 rings (SSSR count). The smallest absolute Gasteiger partial charge is 0.135 e. The first-order chi connectivity index (χ1) is 16.1. The summed E-state index contributed by atoms with van der Waals surface area (Å²) in [6, 6.07) is 5.87. The molecular formula is C24H28N6O3. The number of benzene rings is 1. The third-order valence-electron chi connectivity index (χ3n) is 7.28. The van der Waals surface area contributed by atoms with Gasteiger partial charge in [0, 0.05) is 48.1 Å². The van der Waals surface area contributed by atoms with E-state index in [1.807, 2.05) is 19.1 Å². The fourth-order valence-electron chi connectivity index (χ4n) is 5.49. The van der Waals surface area contributed by atoms with Gasteiger partial charge in [-0.1, -0.05) is 0 Å². The van der Waals surface area contributed by atoms with Crippen LogP contribution in [0.4, 0.5) is 5.82 Å². The highest BCUT2D eigenvalue weighted by Crippen LogP contribution is 2.38. The number of hydrogen-bond acceptors (Lipinski definition) is 8. The van der Waals surface area contributed by atoms with Crippen LogP contribution in [0.3, 0.4) is 0 Å². The Morgan fingerprint density at radius 3 is 2.88 bits per heavy atom. The summed E-state index contributed by atoms with van der Waals surface area (Å²) in [5.74, 6) is 1.61. The molecular weight excluding hydrogens is 420 g/mol. The largest absolute Gasteiger partial charge is 0.487 e. The van der Waals surface area contributed by atoms with Gasteiger partial charge in [-0.15, -0.1) is 0 Å². The van der Waals surface area contributed by atoms with Gasteiger partial charge in [-0.2, -0.15) is 5.10 Å². The first-order valence-corrected chi connectivity index (χ1v) is 11.6. The lowest BCUT2D eigenvalue weighted by molar-refractivity contribution is -0.0122. The van der Waals surface area contributed by atoms with Gasteiger partial charge in [0.1, 0.15) is 36.2 Å². The van der Waals surface area contributed by atoms with E-state index in [0.29, 0.717) is 6.42 Å². The molecule has 1 aromatic carbocycles. The van der Waals surface area contributed by atoms with Gasteiger partial charge in [-0.05, 0) is 50.1 Å². The molecule has 4 heterocycles. The maximum absolute atomic E-state index is 11.0. The molecule has 0 spiro atoms. The molecule has 0 saturated heterocycles. The Kier molecular flexibility index (Phi) is 5.05. The molecule has 3 aromatic rings. The van der Waals surface area contributed by atoms with Crippen molar-refractivity contribution in [1.82, 2.24) is 25.5 Å². The first kappa shape index (κ1) is 20.6. The Morgan fingerprint density at radius 1 is 1.12 bits per heavy atom. The molecule has 0 bridgehead atoms. The van der Waals surface area contributed by atoms with E-state index in [1.165, 1.54) is 5.56 Å². The van der Waals surface area contributed by atoms with E-state index in [2.05, 4.69) is 36.4 Å². The number of aromatic amines is 1. The third kappa shape index (κ3) is 3.47. The van der Waals surface area contributed by atoms with Crippen molar-refractivity contribution < 1.29 is 14.9 Å². The number of hydrogen-bond donors (Lipinski definition) is 4. The lowest BCUT2D eigenvalue weighted by Crippen LogP contribution is -2.43. The molecule has 4 atom stereocenters. The van der Waals surface area contributed by atoms with Crippen molar-refractivity contribution in [1.29, 1.82) is 0 Å². The Hall–Kier alpha value is -3.01. The van der Waals surface area contributed by atoms with Crippen molar-refractivity contribution in [3.8, 4) is 17.0 Å². The molecule has 4 unspecified atom stereocenters. The lowest BCUT2D eigenvalue weighted by Gasteiger charge is -2.28. The van der Waals surface area contributed by atoms with E-state index in [9.17, 15) is 10.2 Å². The van der Waals surface area contributed by atoms with Crippen LogP contribution in [0, 0.1) is 6.92 Å². The number of aliphatic hydroxyl groups is 2. The lowest BCUT2D eigenvalue weighted by atomic mass is 9.96. The summed E-state index contributed by atoms with van der Waals surface area (Å²) >= 11 is 0. The number of aromatic nitrogens is 4. The van der Waals surface area contributed by atoms with Crippen molar-refractivity contribution in [2.45, 2.75) is 57.1 Å². The van der Waals surface area contributed by atoms with Crippen molar-refractivity contribution in [3.05, 3.63) is 53.1 Å². The average molecular weight is 449 g/mol. The van der Waals surface area contributed by atoms with Gasteiger partial charge in [0.05, 0.1) is 11.7 Å². The normalized spacial score (nSPS) is 26.3. The van der Waals surface area contributed by atoms with Gasteiger partial charge in [0.25, 0.3) is 0 Å². The Balaban J connectivity index is 1.29. The molecule has 3 aliphatic rings. The summed E-state index contributed by atoms with van der Waals surface area (Å²) < 4.78 is 6.45. The number of ether oxygens (including phenoxy) is 1. The van der Waals surface area contributed by atoms with Crippen LogP contribution in [0.25, 0.3) is 11.3 Å². The summed E-state index contributed by atoms with van der Waals surface area (Å²) in [5, 5.41) is 32.4. The number of H-pyrrole nitrogens is 1. The third-order valence-corrected chi connectivity index (χ3v) is 7.28. The molecule has 0 amide bonds. The number of fused-ring (bicyclic) bond motifs is 2. The number of aryl methyl sites for hydroxylation is 1. The Bertz CT molecular complexity index is 1170. The molecule has 2 aromatic heterocycles. The Morgan fingerprint density at radius 2 is 2.03 bits per heavy atom. The maximum atomic E-state index is 11.0. The van der Waals surface area contributed by atoms with Gasteiger partial charge in [-0.3, -0.25) is 5.10 Å². The molecule has 33 heavy (non-hydrogen) atoms. The monoisotopic (exact) mass is 448 g/mol. The summed E-state index contributed by atoms with van der Waals surface area (Å²) in [5.41, 5.74) is 6.38. The van der Waals surface area contributed by atoms with E-state index < -0.39 is 18.3 Å². The number of anilines is 1. The molecule has 9 nitrogen and oxygen atoms in total. The maximum Gasteiger partial charge on any atom is 0.135 e. The average Bonchev–Trinajstić information content (AvgIpc) is 3.56. The van der Waals surface area contributed by atoms with E-state index in [4.69, 9.17) is 4.74 Å². The molecule has 9 heteroatoms. The number of nitrogens with one attached hydrogen (secondary N) is 2. The predicted molar refractivity (Wildman–Crippen MR) is 122 cm³/mol. The van der Waals surface area contributed by atoms with Crippen LogP contribution in [0.5, 0.6) is 5.75 Å². The minimum Gasteiger partial charge on any atom is -0.487 e. The highest BCUT2D eigenvalue weighted by Gasteiger charge is 2.47. The standard InChI is InChI=1S/C24H28N6O3/c1-13-16-4-7-30(24(16)27-12-26-13)19-10-21(23(32)22(19)31)33-20-9-15(18-3-6-28-29-18)8-14-2-5-25-11-17(14)20/h3,6,8-9,12,19,21-23,25,31-32H,2,4-5,7,10-11H2,1H3,(H,28,29). The fourth-order valence-corrected chi connectivity index (χ4v) is 5.49. The highest BCUT2D eigenvalue weighted by molar-refractivity contribution is 5.65. The quantitative estimate of drug-likeness (QED) is 0.469. The molecule has 2 aliphatic heterocycles. The van der Waals surface area contributed by atoms with Crippen LogP contribution in [0.15, 0.2) is 30.7 Å². The van der Waals surface area contributed by atoms with Crippen molar-refractivity contribution >= 4 is 5.82 Å². The van der Waals surface area contributed by atoms with Crippen LogP contribution in [0.2, 0.25) is 0 Å². The van der Waals surface area contributed by atoms with Crippen LogP contribution in [-0.2, 0) is 19.4 Å². The number of rotatable bonds is 4. The predicted octanol–water partition coefficient (Wildman–Crippen LogP) is 1.13. The molecule has 0 radical (unpaired) electrons. The Labute approximate surface area is 191 Å².